The molecule has 6 nitrogen and oxygen atoms in total. The highest BCUT2D eigenvalue weighted by Crippen LogP contribution is 2.37. The number of aromatic nitrogens is 2. The molecule has 0 aliphatic carbocycles. The highest BCUT2D eigenvalue weighted by molar-refractivity contribution is 7.22. The van der Waals surface area contributed by atoms with Crippen molar-refractivity contribution in [3.05, 3.63) is 78.6 Å². The zero-order valence-corrected chi connectivity index (χ0v) is 18.2. The molecule has 3 heterocycles. The SMILES string of the molecule is OCC(CO)NCc1ccc(-c2cc3ccnc(Nc4ccc5[nH]ccc5c4)c3s2)cc1. The van der Waals surface area contributed by atoms with Crippen molar-refractivity contribution in [3.63, 3.8) is 0 Å². The van der Waals surface area contributed by atoms with Crippen molar-refractivity contribution >= 4 is 43.8 Å². The molecule has 7 heteroatoms. The Hall–Kier alpha value is -3.23. The van der Waals surface area contributed by atoms with Crippen LogP contribution >= 0.6 is 11.3 Å². The molecule has 5 aromatic rings. The zero-order chi connectivity index (χ0) is 21.9. The first-order chi connectivity index (χ1) is 15.7. The van der Waals surface area contributed by atoms with E-state index in [0.717, 1.165) is 43.6 Å². The molecule has 0 saturated heterocycles. The molecule has 0 amide bonds. The summed E-state index contributed by atoms with van der Waals surface area (Å²) in [6.45, 7) is 0.432. The molecule has 3 aromatic heterocycles. The van der Waals surface area contributed by atoms with Crippen LogP contribution in [-0.2, 0) is 6.54 Å². The monoisotopic (exact) mass is 444 g/mol. The Morgan fingerprint density at radius 1 is 0.938 bits per heavy atom. The third-order valence-corrected chi connectivity index (χ3v) is 6.73. The van der Waals surface area contributed by atoms with E-state index in [1.165, 1.54) is 4.88 Å². The third-order valence-electron chi connectivity index (χ3n) is 5.52. The molecule has 0 aliphatic heterocycles. The summed E-state index contributed by atoms with van der Waals surface area (Å²) < 4.78 is 1.12. The van der Waals surface area contributed by atoms with Gasteiger partial charge in [-0.15, -0.1) is 11.3 Å². The van der Waals surface area contributed by atoms with Crippen LogP contribution in [-0.4, -0.2) is 39.4 Å². The van der Waals surface area contributed by atoms with Crippen LogP contribution < -0.4 is 10.6 Å². The molecular weight excluding hydrogens is 420 g/mol. The van der Waals surface area contributed by atoms with Crippen molar-refractivity contribution < 1.29 is 10.2 Å². The second-order valence-corrected chi connectivity index (χ2v) is 8.79. The van der Waals surface area contributed by atoms with E-state index < -0.39 is 0 Å². The molecule has 5 rings (SSSR count). The van der Waals surface area contributed by atoms with Gasteiger partial charge in [0, 0.05) is 40.4 Å². The maximum atomic E-state index is 9.19. The number of fused-ring (bicyclic) bond motifs is 2. The molecule has 0 aliphatic rings. The minimum atomic E-state index is -0.298. The maximum Gasteiger partial charge on any atom is 0.148 e. The number of thiophene rings is 1. The van der Waals surface area contributed by atoms with Gasteiger partial charge in [-0.25, -0.2) is 4.98 Å². The van der Waals surface area contributed by atoms with Gasteiger partial charge in [-0.05, 0) is 52.9 Å². The summed E-state index contributed by atoms with van der Waals surface area (Å²) in [5.74, 6) is 0.855. The molecule has 0 bridgehead atoms. The van der Waals surface area contributed by atoms with E-state index in [4.69, 9.17) is 0 Å². The molecule has 5 N–H and O–H groups in total. The number of hydrogen-bond donors (Lipinski definition) is 5. The second kappa shape index (κ2) is 9.10. The summed E-state index contributed by atoms with van der Waals surface area (Å²) in [7, 11) is 0. The summed E-state index contributed by atoms with van der Waals surface area (Å²) >= 11 is 1.72. The average Bonchev–Trinajstić information content (AvgIpc) is 3.47. The van der Waals surface area contributed by atoms with E-state index in [2.05, 4.69) is 75.2 Å². The predicted octanol–water partition coefficient (Wildman–Crippen LogP) is 4.63. The zero-order valence-electron chi connectivity index (χ0n) is 17.4. The number of benzene rings is 2. The molecule has 2 aromatic carbocycles. The van der Waals surface area contributed by atoms with Crippen LogP contribution in [0.25, 0.3) is 31.4 Å². The van der Waals surface area contributed by atoms with Crippen molar-refractivity contribution in [2.45, 2.75) is 12.6 Å². The Kier molecular flexibility index (Phi) is 5.87. The highest BCUT2D eigenvalue weighted by atomic mass is 32.1. The van der Waals surface area contributed by atoms with Crippen molar-refractivity contribution in [3.8, 4) is 10.4 Å². The molecule has 0 fully saturated rings. The maximum absolute atomic E-state index is 9.19. The number of hydrogen-bond acceptors (Lipinski definition) is 6. The summed E-state index contributed by atoms with van der Waals surface area (Å²) in [5, 5.41) is 27.3. The quantitative estimate of drug-likeness (QED) is 0.241. The highest BCUT2D eigenvalue weighted by Gasteiger charge is 2.11. The van der Waals surface area contributed by atoms with E-state index in [1.54, 1.807) is 11.3 Å². The van der Waals surface area contributed by atoms with Crippen LogP contribution in [0.1, 0.15) is 5.56 Å². The van der Waals surface area contributed by atoms with Gasteiger partial charge in [0.1, 0.15) is 5.82 Å². The Morgan fingerprint density at radius 2 is 1.78 bits per heavy atom. The van der Waals surface area contributed by atoms with Crippen molar-refractivity contribution in [2.75, 3.05) is 18.5 Å². The summed E-state index contributed by atoms with van der Waals surface area (Å²) in [4.78, 5) is 8.99. The van der Waals surface area contributed by atoms with Gasteiger partial charge in [0.25, 0.3) is 0 Å². The lowest BCUT2D eigenvalue weighted by molar-refractivity contribution is 0.170. The summed E-state index contributed by atoms with van der Waals surface area (Å²) in [6.07, 6.45) is 3.78. The van der Waals surface area contributed by atoms with Crippen LogP contribution in [0.4, 0.5) is 11.5 Å². The minimum Gasteiger partial charge on any atom is -0.395 e. The Labute approximate surface area is 189 Å². The van der Waals surface area contributed by atoms with Gasteiger partial charge in [-0.2, -0.15) is 0 Å². The van der Waals surface area contributed by atoms with Gasteiger partial charge in [-0.1, -0.05) is 24.3 Å². The molecule has 0 radical (unpaired) electrons. The first kappa shape index (κ1) is 20.7. The molecule has 0 spiro atoms. The van der Waals surface area contributed by atoms with E-state index in [0.29, 0.717) is 6.54 Å². The van der Waals surface area contributed by atoms with E-state index in [-0.39, 0.29) is 19.3 Å². The fourth-order valence-corrected chi connectivity index (χ4v) is 4.80. The molecule has 0 atom stereocenters. The summed E-state index contributed by atoms with van der Waals surface area (Å²) in [6, 6.07) is 20.6. The van der Waals surface area contributed by atoms with Crippen molar-refractivity contribution in [2.24, 2.45) is 0 Å². The molecule has 0 saturated carbocycles. The Morgan fingerprint density at radius 3 is 2.59 bits per heavy atom. The molecular formula is C25H24N4O2S. The van der Waals surface area contributed by atoms with E-state index >= 15 is 0 Å². The fraction of sp³-hybridized carbons (Fsp3) is 0.160. The summed E-state index contributed by atoms with van der Waals surface area (Å²) in [5.41, 5.74) is 4.37. The average molecular weight is 445 g/mol. The lowest BCUT2D eigenvalue weighted by atomic mass is 10.1. The largest absolute Gasteiger partial charge is 0.395 e. The number of H-pyrrole nitrogens is 1. The number of nitrogens with one attached hydrogen (secondary N) is 3. The second-order valence-electron chi connectivity index (χ2n) is 7.73. The number of nitrogens with zero attached hydrogens (tertiary/aromatic N) is 1. The lowest BCUT2D eigenvalue weighted by Gasteiger charge is -2.13. The van der Waals surface area contributed by atoms with Crippen LogP contribution in [0.5, 0.6) is 0 Å². The van der Waals surface area contributed by atoms with Crippen LogP contribution in [0.3, 0.4) is 0 Å². The number of anilines is 2. The Bertz CT molecular complexity index is 1340. The lowest BCUT2D eigenvalue weighted by Crippen LogP contribution is -2.35. The van der Waals surface area contributed by atoms with Gasteiger partial charge >= 0.3 is 0 Å². The predicted molar refractivity (Wildman–Crippen MR) is 131 cm³/mol. The molecule has 162 valence electrons. The number of rotatable bonds is 8. The van der Waals surface area contributed by atoms with Gasteiger partial charge in [0.15, 0.2) is 0 Å². The molecule has 0 unspecified atom stereocenters. The minimum absolute atomic E-state index is 0.0835. The van der Waals surface area contributed by atoms with Crippen molar-refractivity contribution in [1.29, 1.82) is 0 Å². The Balaban J connectivity index is 1.37. The number of pyridine rings is 1. The first-order valence-electron chi connectivity index (χ1n) is 10.5. The van der Waals surface area contributed by atoms with Gasteiger partial charge in [0.2, 0.25) is 0 Å². The molecule has 32 heavy (non-hydrogen) atoms. The number of aliphatic hydroxyl groups excluding tert-OH is 2. The number of aromatic amines is 1. The van der Waals surface area contributed by atoms with Gasteiger partial charge < -0.3 is 25.8 Å². The van der Waals surface area contributed by atoms with Crippen LogP contribution in [0.15, 0.2) is 73.1 Å². The third kappa shape index (κ3) is 4.24. The standard InChI is InChI=1S/C25H24N4O2S/c30-14-21(15-31)28-13-16-1-3-17(4-2-16)23-12-19-8-10-27-25(24(19)32-23)29-20-5-6-22-18(11-20)7-9-26-22/h1-12,21,26,28,30-31H,13-15H2,(H,27,29). The smallest absolute Gasteiger partial charge is 0.148 e. The van der Waals surface area contributed by atoms with Gasteiger partial charge in [0.05, 0.1) is 24.0 Å². The van der Waals surface area contributed by atoms with E-state index in [1.807, 2.05) is 18.5 Å². The van der Waals surface area contributed by atoms with Gasteiger partial charge in [-0.3, -0.25) is 0 Å². The van der Waals surface area contributed by atoms with Crippen molar-refractivity contribution in [1.82, 2.24) is 15.3 Å². The fourth-order valence-electron chi connectivity index (χ4n) is 3.70. The van der Waals surface area contributed by atoms with E-state index in [9.17, 15) is 10.2 Å². The van der Waals surface area contributed by atoms with Crippen LogP contribution in [0.2, 0.25) is 0 Å². The van der Waals surface area contributed by atoms with Crippen LogP contribution in [0, 0.1) is 0 Å². The normalized spacial score (nSPS) is 11.6. The topological polar surface area (TPSA) is 93.2 Å². The first-order valence-corrected chi connectivity index (χ1v) is 11.3. The number of aliphatic hydroxyl groups is 2.